The van der Waals surface area contributed by atoms with Crippen LogP contribution in [0, 0.1) is 9.39 Å². The molecule has 0 fully saturated rings. The van der Waals surface area contributed by atoms with Gasteiger partial charge in [0.2, 0.25) is 0 Å². The lowest BCUT2D eigenvalue weighted by molar-refractivity contribution is 0.399. The summed E-state index contributed by atoms with van der Waals surface area (Å²) in [4.78, 5) is 2.12. The second-order valence-electron chi connectivity index (χ2n) is 3.64. The van der Waals surface area contributed by atoms with Crippen molar-refractivity contribution in [2.45, 2.75) is 12.8 Å². The van der Waals surface area contributed by atoms with Crippen molar-refractivity contribution >= 4 is 22.6 Å². The second kappa shape index (κ2) is 5.66. The van der Waals surface area contributed by atoms with Crippen LogP contribution in [-0.2, 0) is 6.42 Å². The third-order valence-corrected chi connectivity index (χ3v) is 2.74. The van der Waals surface area contributed by atoms with E-state index in [9.17, 15) is 4.39 Å². The van der Waals surface area contributed by atoms with Crippen LogP contribution in [0.25, 0.3) is 0 Å². The Balaban J connectivity index is 2.51. The van der Waals surface area contributed by atoms with E-state index in [0.29, 0.717) is 0 Å². The molecule has 0 amide bonds. The van der Waals surface area contributed by atoms with E-state index in [1.807, 2.05) is 26.2 Å². The predicted octanol–water partition coefficient (Wildman–Crippen LogP) is 2.92. The summed E-state index contributed by atoms with van der Waals surface area (Å²) in [6.07, 6.45) is 1.82. The van der Waals surface area contributed by atoms with E-state index in [4.69, 9.17) is 0 Å². The lowest BCUT2D eigenvalue weighted by Crippen LogP contribution is -2.13. The Morgan fingerprint density at radius 1 is 1.36 bits per heavy atom. The van der Waals surface area contributed by atoms with Gasteiger partial charge in [-0.05, 0) is 73.8 Å². The molecule has 0 aliphatic carbocycles. The molecule has 1 rings (SSSR count). The summed E-state index contributed by atoms with van der Waals surface area (Å²) in [5.74, 6) is -0.0735. The van der Waals surface area contributed by atoms with Gasteiger partial charge in [-0.1, -0.05) is 6.07 Å². The van der Waals surface area contributed by atoms with Crippen LogP contribution in [0.2, 0.25) is 0 Å². The Bertz CT molecular complexity index is 299. The number of nitrogens with zero attached hydrogens (tertiary/aromatic N) is 1. The summed E-state index contributed by atoms with van der Waals surface area (Å²) < 4.78 is 14.3. The van der Waals surface area contributed by atoms with E-state index in [2.05, 4.69) is 27.5 Å². The third-order valence-electron chi connectivity index (χ3n) is 2.07. The number of halogens is 2. The lowest BCUT2D eigenvalue weighted by Gasteiger charge is -2.09. The van der Waals surface area contributed by atoms with Crippen molar-refractivity contribution in [2.24, 2.45) is 0 Å². The molecule has 3 heteroatoms. The van der Waals surface area contributed by atoms with Crippen molar-refractivity contribution in [3.63, 3.8) is 0 Å². The SMILES string of the molecule is CN(C)CCCc1ccc(I)cc1F. The average Bonchev–Trinajstić information content (AvgIpc) is 2.08. The van der Waals surface area contributed by atoms with E-state index in [-0.39, 0.29) is 5.82 Å². The van der Waals surface area contributed by atoms with Crippen LogP contribution in [0.4, 0.5) is 4.39 Å². The van der Waals surface area contributed by atoms with E-state index in [1.165, 1.54) is 0 Å². The maximum Gasteiger partial charge on any atom is 0.127 e. The van der Waals surface area contributed by atoms with E-state index in [1.54, 1.807) is 6.07 Å². The molecule has 0 radical (unpaired) electrons. The van der Waals surface area contributed by atoms with Crippen LogP contribution in [0.3, 0.4) is 0 Å². The molecule has 0 atom stereocenters. The largest absolute Gasteiger partial charge is 0.309 e. The van der Waals surface area contributed by atoms with Crippen LogP contribution in [-0.4, -0.2) is 25.5 Å². The molecular weight excluding hydrogens is 292 g/mol. The molecule has 0 heterocycles. The highest BCUT2D eigenvalue weighted by Crippen LogP contribution is 2.13. The first kappa shape index (κ1) is 11.9. The van der Waals surface area contributed by atoms with E-state index < -0.39 is 0 Å². The third kappa shape index (κ3) is 3.92. The van der Waals surface area contributed by atoms with Gasteiger partial charge in [0.25, 0.3) is 0 Å². The molecule has 0 aromatic heterocycles. The van der Waals surface area contributed by atoms with Crippen LogP contribution in [0.5, 0.6) is 0 Å². The summed E-state index contributed by atoms with van der Waals surface area (Å²) in [6, 6.07) is 5.42. The summed E-state index contributed by atoms with van der Waals surface area (Å²) in [6.45, 7) is 1.01. The zero-order valence-electron chi connectivity index (χ0n) is 8.56. The average molecular weight is 307 g/mol. The Morgan fingerprint density at radius 2 is 2.07 bits per heavy atom. The molecule has 78 valence electrons. The number of aryl methyl sites for hydroxylation is 1. The standard InChI is InChI=1S/C11H15FIN/c1-14(2)7-3-4-9-5-6-10(13)8-11(9)12/h5-6,8H,3-4,7H2,1-2H3. The molecule has 0 aliphatic rings. The molecule has 0 spiro atoms. The van der Waals surface area contributed by atoms with Crippen molar-refractivity contribution in [3.05, 3.63) is 33.1 Å². The van der Waals surface area contributed by atoms with Gasteiger partial charge in [-0.25, -0.2) is 4.39 Å². The highest BCUT2D eigenvalue weighted by Gasteiger charge is 2.02. The molecule has 1 nitrogen and oxygen atoms in total. The lowest BCUT2D eigenvalue weighted by atomic mass is 10.1. The molecule has 14 heavy (non-hydrogen) atoms. The van der Waals surface area contributed by atoms with Gasteiger partial charge < -0.3 is 4.90 Å². The zero-order valence-corrected chi connectivity index (χ0v) is 10.7. The van der Waals surface area contributed by atoms with Crippen LogP contribution < -0.4 is 0 Å². The van der Waals surface area contributed by atoms with Crippen LogP contribution >= 0.6 is 22.6 Å². The van der Waals surface area contributed by atoms with Gasteiger partial charge in [-0.2, -0.15) is 0 Å². The maximum absolute atomic E-state index is 13.4. The topological polar surface area (TPSA) is 3.24 Å². The van der Waals surface area contributed by atoms with Crippen molar-refractivity contribution in [1.82, 2.24) is 4.90 Å². The minimum absolute atomic E-state index is 0.0735. The van der Waals surface area contributed by atoms with Crippen molar-refractivity contribution in [1.29, 1.82) is 0 Å². The smallest absolute Gasteiger partial charge is 0.127 e. The van der Waals surface area contributed by atoms with E-state index >= 15 is 0 Å². The van der Waals surface area contributed by atoms with Gasteiger partial charge in [0, 0.05) is 3.57 Å². The minimum atomic E-state index is -0.0735. The summed E-state index contributed by atoms with van der Waals surface area (Å²) in [7, 11) is 4.06. The van der Waals surface area contributed by atoms with Gasteiger partial charge in [-0.15, -0.1) is 0 Å². The quantitative estimate of drug-likeness (QED) is 0.773. The fourth-order valence-corrected chi connectivity index (χ4v) is 1.76. The van der Waals surface area contributed by atoms with Gasteiger partial charge in [-0.3, -0.25) is 0 Å². The molecular formula is C11H15FIN. The van der Waals surface area contributed by atoms with Crippen LogP contribution in [0.15, 0.2) is 18.2 Å². The molecule has 0 N–H and O–H groups in total. The van der Waals surface area contributed by atoms with Gasteiger partial charge in [0.15, 0.2) is 0 Å². The molecule has 0 saturated carbocycles. The van der Waals surface area contributed by atoms with Gasteiger partial charge in [0.1, 0.15) is 5.82 Å². The Kier molecular flexibility index (Phi) is 4.81. The number of hydrogen-bond acceptors (Lipinski definition) is 1. The molecule has 1 aromatic carbocycles. The molecule has 0 saturated heterocycles. The van der Waals surface area contributed by atoms with Crippen molar-refractivity contribution in [3.8, 4) is 0 Å². The van der Waals surface area contributed by atoms with Gasteiger partial charge in [0.05, 0.1) is 0 Å². The first-order valence-corrected chi connectivity index (χ1v) is 5.76. The molecule has 0 bridgehead atoms. The predicted molar refractivity (Wildman–Crippen MR) is 66.0 cm³/mol. The molecule has 0 aliphatic heterocycles. The van der Waals surface area contributed by atoms with Crippen LogP contribution in [0.1, 0.15) is 12.0 Å². The number of rotatable bonds is 4. The summed E-state index contributed by atoms with van der Waals surface area (Å²) in [5, 5.41) is 0. The first-order chi connectivity index (χ1) is 6.59. The molecule has 1 aromatic rings. The minimum Gasteiger partial charge on any atom is -0.309 e. The fourth-order valence-electron chi connectivity index (χ4n) is 1.31. The van der Waals surface area contributed by atoms with E-state index in [0.717, 1.165) is 28.5 Å². The highest BCUT2D eigenvalue weighted by molar-refractivity contribution is 14.1. The normalized spacial score (nSPS) is 10.9. The Hall–Kier alpha value is -0.160. The summed E-state index contributed by atoms with van der Waals surface area (Å²) in [5.41, 5.74) is 0.826. The Labute approximate surface area is 98.4 Å². The first-order valence-electron chi connectivity index (χ1n) is 4.68. The number of benzene rings is 1. The fraction of sp³-hybridized carbons (Fsp3) is 0.455. The summed E-state index contributed by atoms with van der Waals surface area (Å²) >= 11 is 2.12. The second-order valence-corrected chi connectivity index (χ2v) is 4.89. The van der Waals surface area contributed by atoms with Crippen molar-refractivity contribution < 1.29 is 4.39 Å². The van der Waals surface area contributed by atoms with Crippen molar-refractivity contribution in [2.75, 3.05) is 20.6 Å². The zero-order chi connectivity index (χ0) is 10.6. The number of hydrogen-bond donors (Lipinski definition) is 0. The molecule has 0 unspecified atom stereocenters. The highest BCUT2D eigenvalue weighted by atomic mass is 127. The maximum atomic E-state index is 13.4. The monoisotopic (exact) mass is 307 g/mol. The Morgan fingerprint density at radius 3 is 2.64 bits per heavy atom. The van der Waals surface area contributed by atoms with Gasteiger partial charge >= 0.3 is 0 Å².